The summed E-state index contributed by atoms with van der Waals surface area (Å²) < 4.78 is 0. The molecule has 2 atom stereocenters. The summed E-state index contributed by atoms with van der Waals surface area (Å²) >= 11 is 0. The van der Waals surface area contributed by atoms with Crippen LogP contribution < -0.4 is 5.32 Å². The number of aromatic nitrogens is 1. The summed E-state index contributed by atoms with van der Waals surface area (Å²) in [5.41, 5.74) is 3.67. The standard InChI is InChI=1S/C18H32N2/c1-6-9-10-16(7-2)13-18(19-8-3)17-12-11-14(4)20-15(17)5/h11-12,16,18-19H,6-10,13H2,1-5H3. The van der Waals surface area contributed by atoms with Crippen LogP contribution in [0.1, 0.15) is 75.9 Å². The van der Waals surface area contributed by atoms with Crippen LogP contribution in [-0.2, 0) is 0 Å². The maximum absolute atomic E-state index is 4.63. The fourth-order valence-corrected chi connectivity index (χ4v) is 2.95. The molecule has 0 radical (unpaired) electrons. The minimum absolute atomic E-state index is 0.454. The van der Waals surface area contributed by atoms with Crippen LogP contribution in [0, 0.1) is 19.8 Å². The van der Waals surface area contributed by atoms with Gasteiger partial charge in [-0.3, -0.25) is 4.98 Å². The Morgan fingerprint density at radius 1 is 1.15 bits per heavy atom. The Kier molecular flexibility index (Phi) is 7.83. The molecule has 0 bridgehead atoms. The quantitative estimate of drug-likeness (QED) is 0.690. The van der Waals surface area contributed by atoms with Gasteiger partial charge in [-0.2, -0.15) is 0 Å². The van der Waals surface area contributed by atoms with Crippen molar-refractivity contribution in [3.8, 4) is 0 Å². The van der Waals surface area contributed by atoms with Crippen LogP contribution in [0.2, 0.25) is 0 Å². The lowest BCUT2D eigenvalue weighted by molar-refractivity contribution is 0.356. The van der Waals surface area contributed by atoms with E-state index in [-0.39, 0.29) is 0 Å². The van der Waals surface area contributed by atoms with E-state index in [1.54, 1.807) is 0 Å². The molecule has 1 N–H and O–H groups in total. The largest absolute Gasteiger partial charge is 0.310 e. The maximum Gasteiger partial charge on any atom is 0.0423 e. The van der Waals surface area contributed by atoms with Crippen molar-refractivity contribution < 1.29 is 0 Å². The highest BCUT2D eigenvalue weighted by Crippen LogP contribution is 2.28. The normalized spacial score (nSPS) is 14.2. The number of nitrogens with one attached hydrogen (secondary N) is 1. The van der Waals surface area contributed by atoms with Crippen molar-refractivity contribution in [1.82, 2.24) is 10.3 Å². The van der Waals surface area contributed by atoms with Crippen molar-refractivity contribution >= 4 is 0 Å². The Morgan fingerprint density at radius 2 is 1.90 bits per heavy atom. The average Bonchev–Trinajstić information content (AvgIpc) is 2.42. The van der Waals surface area contributed by atoms with E-state index in [1.165, 1.54) is 43.4 Å². The van der Waals surface area contributed by atoms with Gasteiger partial charge in [0, 0.05) is 17.4 Å². The monoisotopic (exact) mass is 276 g/mol. The number of aryl methyl sites for hydroxylation is 2. The average molecular weight is 276 g/mol. The zero-order valence-electron chi connectivity index (χ0n) is 14.0. The second-order valence-electron chi connectivity index (χ2n) is 5.89. The van der Waals surface area contributed by atoms with Crippen LogP contribution in [0.5, 0.6) is 0 Å². The molecule has 1 heterocycles. The van der Waals surface area contributed by atoms with Gasteiger partial charge in [-0.25, -0.2) is 0 Å². The molecule has 0 fully saturated rings. The van der Waals surface area contributed by atoms with E-state index >= 15 is 0 Å². The van der Waals surface area contributed by atoms with E-state index in [0.29, 0.717) is 6.04 Å². The highest BCUT2D eigenvalue weighted by Gasteiger charge is 2.18. The van der Waals surface area contributed by atoms with E-state index in [9.17, 15) is 0 Å². The minimum Gasteiger partial charge on any atom is -0.310 e. The number of nitrogens with zero attached hydrogens (tertiary/aromatic N) is 1. The van der Waals surface area contributed by atoms with E-state index in [2.05, 4.69) is 57.1 Å². The highest BCUT2D eigenvalue weighted by atomic mass is 14.9. The molecule has 0 saturated carbocycles. The predicted octanol–water partition coefficient (Wildman–Crippen LogP) is 4.96. The van der Waals surface area contributed by atoms with E-state index < -0.39 is 0 Å². The first-order valence-electron chi connectivity index (χ1n) is 8.29. The van der Waals surface area contributed by atoms with Crippen molar-refractivity contribution in [3.05, 3.63) is 29.1 Å². The molecule has 114 valence electrons. The molecule has 2 unspecified atom stereocenters. The lowest BCUT2D eigenvalue weighted by Gasteiger charge is -2.25. The lowest BCUT2D eigenvalue weighted by atomic mass is 9.88. The SMILES string of the molecule is CCCCC(CC)CC(NCC)c1ccc(C)nc1C. The summed E-state index contributed by atoms with van der Waals surface area (Å²) in [4.78, 5) is 4.63. The number of hydrogen-bond acceptors (Lipinski definition) is 2. The zero-order chi connectivity index (χ0) is 15.0. The van der Waals surface area contributed by atoms with Crippen LogP contribution in [0.4, 0.5) is 0 Å². The van der Waals surface area contributed by atoms with Gasteiger partial charge >= 0.3 is 0 Å². The molecule has 0 amide bonds. The van der Waals surface area contributed by atoms with Gasteiger partial charge in [-0.15, -0.1) is 0 Å². The van der Waals surface area contributed by atoms with Gasteiger partial charge in [0.15, 0.2) is 0 Å². The Hall–Kier alpha value is -0.890. The van der Waals surface area contributed by atoms with Crippen molar-refractivity contribution in [2.45, 2.75) is 72.8 Å². The summed E-state index contributed by atoms with van der Waals surface area (Å²) in [6.45, 7) is 12.0. The second-order valence-corrected chi connectivity index (χ2v) is 5.89. The zero-order valence-corrected chi connectivity index (χ0v) is 14.0. The van der Waals surface area contributed by atoms with Gasteiger partial charge in [0.2, 0.25) is 0 Å². The van der Waals surface area contributed by atoms with Crippen molar-refractivity contribution in [2.24, 2.45) is 5.92 Å². The molecule has 0 aliphatic heterocycles. The number of rotatable bonds is 9. The molecule has 0 spiro atoms. The molecule has 0 aromatic carbocycles. The summed E-state index contributed by atoms with van der Waals surface area (Å²) in [5, 5.41) is 3.66. The summed E-state index contributed by atoms with van der Waals surface area (Å²) in [6.07, 6.45) is 6.51. The molecule has 1 aromatic heterocycles. The smallest absolute Gasteiger partial charge is 0.0423 e. The molecule has 2 heteroatoms. The first-order chi connectivity index (χ1) is 9.62. The van der Waals surface area contributed by atoms with Crippen LogP contribution in [0.25, 0.3) is 0 Å². The van der Waals surface area contributed by atoms with Gasteiger partial charge in [0.25, 0.3) is 0 Å². The van der Waals surface area contributed by atoms with Gasteiger partial charge in [-0.05, 0) is 44.4 Å². The van der Waals surface area contributed by atoms with Gasteiger partial charge in [0.1, 0.15) is 0 Å². The van der Waals surface area contributed by atoms with Gasteiger partial charge < -0.3 is 5.32 Å². The number of unbranched alkanes of at least 4 members (excludes halogenated alkanes) is 1. The molecule has 0 aliphatic carbocycles. The molecular formula is C18H32N2. The first-order valence-corrected chi connectivity index (χ1v) is 8.29. The Balaban J connectivity index is 2.81. The van der Waals surface area contributed by atoms with Crippen LogP contribution in [0.3, 0.4) is 0 Å². The molecule has 20 heavy (non-hydrogen) atoms. The molecule has 0 saturated heterocycles. The third-order valence-corrected chi connectivity index (χ3v) is 4.20. The predicted molar refractivity (Wildman–Crippen MR) is 88.1 cm³/mol. The lowest BCUT2D eigenvalue weighted by Crippen LogP contribution is -2.24. The topological polar surface area (TPSA) is 24.9 Å². The third-order valence-electron chi connectivity index (χ3n) is 4.20. The summed E-state index contributed by atoms with van der Waals surface area (Å²) in [7, 11) is 0. The van der Waals surface area contributed by atoms with Crippen molar-refractivity contribution in [1.29, 1.82) is 0 Å². The maximum atomic E-state index is 4.63. The Bertz CT molecular complexity index is 387. The molecule has 1 rings (SSSR count). The van der Waals surface area contributed by atoms with Crippen LogP contribution >= 0.6 is 0 Å². The van der Waals surface area contributed by atoms with E-state index in [1.807, 2.05) is 0 Å². The number of pyridine rings is 1. The second kappa shape index (κ2) is 9.12. The van der Waals surface area contributed by atoms with Crippen molar-refractivity contribution in [3.63, 3.8) is 0 Å². The van der Waals surface area contributed by atoms with Crippen LogP contribution in [0.15, 0.2) is 12.1 Å². The summed E-state index contributed by atoms with van der Waals surface area (Å²) in [6, 6.07) is 4.85. The molecule has 1 aromatic rings. The fraction of sp³-hybridized carbons (Fsp3) is 0.722. The Morgan fingerprint density at radius 3 is 2.45 bits per heavy atom. The van der Waals surface area contributed by atoms with E-state index in [4.69, 9.17) is 0 Å². The third kappa shape index (κ3) is 5.24. The molecule has 2 nitrogen and oxygen atoms in total. The summed E-state index contributed by atoms with van der Waals surface area (Å²) in [5.74, 6) is 0.819. The minimum atomic E-state index is 0.454. The number of hydrogen-bond donors (Lipinski definition) is 1. The molecule has 0 aliphatic rings. The fourth-order valence-electron chi connectivity index (χ4n) is 2.95. The van der Waals surface area contributed by atoms with Gasteiger partial charge in [0.05, 0.1) is 0 Å². The van der Waals surface area contributed by atoms with Gasteiger partial charge in [-0.1, -0.05) is 52.5 Å². The van der Waals surface area contributed by atoms with Crippen molar-refractivity contribution in [2.75, 3.05) is 6.54 Å². The van der Waals surface area contributed by atoms with Crippen LogP contribution in [-0.4, -0.2) is 11.5 Å². The highest BCUT2D eigenvalue weighted by molar-refractivity contribution is 5.25. The molecular weight excluding hydrogens is 244 g/mol. The Labute approximate surface area is 125 Å². The first kappa shape index (κ1) is 17.2. The van der Waals surface area contributed by atoms with E-state index in [0.717, 1.165) is 18.2 Å².